The van der Waals surface area contributed by atoms with E-state index in [1.54, 1.807) is 0 Å². The van der Waals surface area contributed by atoms with Crippen molar-refractivity contribution >= 4 is 6.08 Å². The summed E-state index contributed by atoms with van der Waals surface area (Å²) in [5.74, 6) is 0. The number of hydrogen-bond acceptors (Lipinski definition) is 1. The fourth-order valence-electron chi connectivity index (χ4n) is 1.11. The van der Waals surface area contributed by atoms with Crippen molar-refractivity contribution in [2.45, 2.75) is 27.2 Å². The second-order valence-corrected chi connectivity index (χ2v) is 3.40. The van der Waals surface area contributed by atoms with Gasteiger partial charge in [-0.25, -0.2) is 0 Å². The predicted molar refractivity (Wildman–Crippen MR) is 62.1 cm³/mol. The van der Waals surface area contributed by atoms with E-state index in [0.29, 0.717) is 0 Å². The highest BCUT2D eigenvalue weighted by molar-refractivity contribution is 5.53. The quantitative estimate of drug-likeness (QED) is 0.656. The first-order chi connectivity index (χ1) is 6.74. The number of hydrogen-bond donors (Lipinski definition) is 0. The Morgan fingerprint density at radius 2 is 2.29 bits per heavy atom. The lowest BCUT2D eigenvalue weighted by molar-refractivity contribution is 1.10. The number of aryl methyl sites for hydroxylation is 1. The summed E-state index contributed by atoms with van der Waals surface area (Å²) in [6, 6.07) is 4.04. The zero-order chi connectivity index (χ0) is 10.4. The van der Waals surface area contributed by atoms with E-state index in [4.69, 9.17) is 0 Å². The summed E-state index contributed by atoms with van der Waals surface area (Å²) in [6.07, 6.45) is 9.26. The SMILES string of the molecule is CCC(C)=CC=Cc1cccnc1C. The van der Waals surface area contributed by atoms with Crippen molar-refractivity contribution < 1.29 is 0 Å². The molecule has 0 saturated carbocycles. The van der Waals surface area contributed by atoms with Crippen molar-refractivity contribution in [1.29, 1.82) is 0 Å². The number of aromatic nitrogens is 1. The molecule has 0 aromatic carbocycles. The molecule has 0 radical (unpaired) electrons. The van der Waals surface area contributed by atoms with Crippen LogP contribution in [0.25, 0.3) is 6.08 Å². The molecule has 1 heteroatoms. The largest absolute Gasteiger partial charge is 0.261 e. The molecule has 1 aromatic rings. The molecule has 0 aliphatic heterocycles. The van der Waals surface area contributed by atoms with E-state index in [1.165, 1.54) is 11.1 Å². The predicted octanol–water partition coefficient (Wildman–Crippen LogP) is 3.76. The molecule has 0 unspecified atom stereocenters. The lowest BCUT2D eigenvalue weighted by Gasteiger charge is -1.96. The highest BCUT2D eigenvalue weighted by Gasteiger charge is 1.90. The molecule has 14 heavy (non-hydrogen) atoms. The van der Waals surface area contributed by atoms with Crippen LogP contribution in [-0.4, -0.2) is 4.98 Å². The van der Waals surface area contributed by atoms with Gasteiger partial charge in [0.1, 0.15) is 0 Å². The number of pyridine rings is 1. The molecule has 0 spiro atoms. The molecule has 0 N–H and O–H groups in total. The lowest BCUT2D eigenvalue weighted by atomic mass is 10.1. The van der Waals surface area contributed by atoms with Gasteiger partial charge in [-0.15, -0.1) is 0 Å². The van der Waals surface area contributed by atoms with Gasteiger partial charge >= 0.3 is 0 Å². The van der Waals surface area contributed by atoms with Gasteiger partial charge in [-0.05, 0) is 31.9 Å². The van der Waals surface area contributed by atoms with E-state index in [2.05, 4.69) is 43.1 Å². The van der Waals surface area contributed by atoms with Gasteiger partial charge in [0, 0.05) is 11.9 Å². The molecule has 0 fully saturated rings. The first kappa shape index (κ1) is 10.7. The maximum Gasteiger partial charge on any atom is 0.0444 e. The van der Waals surface area contributed by atoms with E-state index in [1.807, 2.05) is 19.2 Å². The van der Waals surface area contributed by atoms with Crippen LogP contribution in [0.3, 0.4) is 0 Å². The third-order valence-corrected chi connectivity index (χ3v) is 2.26. The van der Waals surface area contributed by atoms with Crippen LogP contribution in [0.4, 0.5) is 0 Å². The monoisotopic (exact) mass is 187 g/mol. The summed E-state index contributed by atoms with van der Waals surface area (Å²) in [5.41, 5.74) is 3.65. The molecule has 0 amide bonds. The summed E-state index contributed by atoms with van der Waals surface area (Å²) in [4.78, 5) is 4.23. The molecule has 1 heterocycles. The Bertz CT molecular complexity index is 348. The summed E-state index contributed by atoms with van der Waals surface area (Å²) >= 11 is 0. The lowest BCUT2D eigenvalue weighted by Crippen LogP contribution is -1.83. The minimum Gasteiger partial charge on any atom is -0.261 e. The Balaban J connectivity index is 2.74. The smallest absolute Gasteiger partial charge is 0.0444 e. The van der Waals surface area contributed by atoms with Crippen LogP contribution in [0.15, 0.2) is 36.1 Å². The molecule has 0 aliphatic rings. The van der Waals surface area contributed by atoms with E-state index >= 15 is 0 Å². The zero-order valence-electron chi connectivity index (χ0n) is 9.12. The maximum absolute atomic E-state index is 4.23. The first-order valence-electron chi connectivity index (χ1n) is 4.99. The van der Waals surface area contributed by atoms with E-state index in [-0.39, 0.29) is 0 Å². The van der Waals surface area contributed by atoms with E-state index < -0.39 is 0 Å². The Kier molecular flexibility index (Phi) is 4.11. The van der Waals surface area contributed by atoms with Crippen molar-refractivity contribution in [1.82, 2.24) is 4.98 Å². The Morgan fingerprint density at radius 1 is 1.50 bits per heavy atom. The van der Waals surface area contributed by atoms with Crippen LogP contribution in [0.2, 0.25) is 0 Å². The molecule has 74 valence electrons. The van der Waals surface area contributed by atoms with Gasteiger partial charge in [-0.1, -0.05) is 36.8 Å². The van der Waals surface area contributed by atoms with Crippen LogP contribution in [-0.2, 0) is 0 Å². The van der Waals surface area contributed by atoms with Crippen molar-refractivity contribution in [2.24, 2.45) is 0 Å². The van der Waals surface area contributed by atoms with Crippen molar-refractivity contribution in [3.8, 4) is 0 Å². The van der Waals surface area contributed by atoms with Gasteiger partial charge in [0.2, 0.25) is 0 Å². The van der Waals surface area contributed by atoms with Crippen LogP contribution in [0, 0.1) is 6.92 Å². The minimum absolute atomic E-state index is 1.08. The highest BCUT2D eigenvalue weighted by Crippen LogP contribution is 2.06. The second kappa shape index (κ2) is 5.38. The summed E-state index contributed by atoms with van der Waals surface area (Å²) < 4.78 is 0. The van der Waals surface area contributed by atoms with Crippen molar-refractivity contribution in [2.75, 3.05) is 0 Å². The molecule has 1 nitrogen and oxygen atoms in total. The molecular weight excluding hydrogens is 170 g/mol. The van der Waals surface area contributed by atoms with Gasteiger partial charge in [0.25, 0.3) is 0 Å². The summed E-state index contributed by atoms with van der Waals surface area (Å²) in [6.45, 7) is 6.32. The number of allylic oxidation sites excluding steroid dienone is 3. The third-order valence-electron chi connectivity index (χ3n) is 2.26. The van der Waals surface area contributed by atoms with Gasteiger partial charge < -0.3 is 0 Å². The Hall–Kier alpha value is -1.37. The van der Waals surface area contributed by atoms with Crippen LogP contribution in [0.1, 0.15) is 31.5 Å². The fraction of sp³-hybridized carbons (Fsp3) is 0.308. The van der Waals surface area contributed by atoms with Gasteiger partial charge in [0.15, 0.2) is 0 Å². The molecule has 1 rings (SSSR count). The highest BCUT2D eigenvalue weighted by atomic mass is 14.7. The second-order valence-electron chi connectivity index (χ2n) is 3.40. The Morgan fingerprint density at radius 3 is 2.93 bits per heavy atom. The number of rotatable bonds is 3. The summed E-state index contributed by atoms with van der Waals surface area (Å²) in [7, 11) is 0. The molecule has 0 saturated heterocycles. The average Bonchev–Trinajstić information content (AvgIpc) is 2.20. The normalized spacial score (nSPS) is 12.4. The maximum atomic E-state index is 4.23. The molecule has 1 aromatic heterocycles. The van der Waals surface area contributed by atoms with Crippen LogP contribution >= 0.6 is 0 Å². The molecule has 0 bridgehead atoms. The topological polar surface area (TPSA) is 12.9 Å². The van der Waals surface area contributed by atoms with Gasteiger partial charge in [-0.2, -0.15) is 0 Å². The summed E-state index contributed by atoms with van der Waals surface area (Å²) in [5, 5.41) is 0. The van der Waals surface area contributed by atoms with Crippen LogP contribution < -0.4 is 0 Å². The van der Waals surface area contributed by atoms with E-state index in [0.717, 1.165) is 12.1 Å². The van der Waals surface area contributed by atoms with Crippen LogP contribution in [0.5, 0.6) is 0 Å². The van der Waals surface area contributed by atoms with Crippen molar-refractivity contribution in [3.05, 3.63) is 47.3 Å². The van der Waals surface area contributed by atoms with Crippen molar-refractivity contribution in [3.63, 3.8) is 0 Å². The minimum atomic E-state index is 1.08. The van der Waals surface area contributed by atoms with E-state index in [9.17, 15) is 0 Å². The number of nitrogens with zero attached hydrogens (tertiary/aromatic N) is 1. The molecule has 0 atom stereocenters. The molecular formula is C13H17N. The van der Waals surface area contributed by atoms with Gasteiger partial charge in [0.05, 0.1) is 0 Å². The van der Waals surface area contributed by atoms with Gasteiger partial charge in [-0.3, -0.25) is 4.98 Å². The third kappa shape index (κ3) is 3.17. The Labute approximate surface area is 86.2 Å². The molecule has 0 aliphatic carbocycles. The average molecular weight is 187 g/mol. The zero-order valence-corrected chi connectivity index (χ0v) is 9.12. The fourth-order valence-corrected chi connectivity index (χ4v) is 1.11. The first-order valence-corrected chi connectivity index (χ1v) is 4.99. The standard InChI is InChI=1S/C13H17N/c1-4-11(2)7-5-8-13-9-6-10-14-12(13)3/h5-10H,4H2,1-3H3.